The molecule has 0 aliphatic carbocycles. The third-order valence-electron chi connectivity index (χ3n) is 8.34. The molecule has 11 N–H and O–H groups in total. The molecule has 0 saturated carbocycles. The van der Waals surface area contributed by atoms with Gasteiger partial charge in [0.25, 0.3) is 5.91 Å². The standard InChI is InChI=1S/C36H48N8O10/c1-18(2)13-25(41-33(50)28(19(3)4)44-30(47)23(37)17-38-31(48)26-16-27(45)43-36(54)42-26)32(49)40-24(14-20-9-6-5-7-10-20)29(46)34(51)39-22-12-8-11-21(15-22)35(52)53/h5-12,15,18-19,23-26,28-29,46H,13-14,16-17,37H2,1-4H3,(H,38,48)(H,39,51)(H,40,49)(H,41,50)(H,44,47)(H,52,53)(H2,42,43,45,54)/t23-,24-,25-,26+,28-,29+/m0/s1. The number of carboxylic acids is 1. The molecular formula is C36H48N8O10. The number of amides is 8. The zero-order valence-electron chi connectivity index (χ0n) is 30.4. The highest BCUT2D eigenvalue weighted by atomic mass is 16.4. The van der Waals surface area contributed by atoms with Crippen molar-refractivity contribution in [2.45, 2.75) is 83.3 Å². The van der Waals surface area contributed by atoms with E-state index in [1.807, 2.05) is 19.2 Å². The van der Waals surface area contributed by atoms with Gasteiger partial charge in [0.15, 0.2) is 6.10 Å². The van der Waals surface area contributed by atoms with Crippen LogP contribution in [0.15, 0.2) is 54.6 Å². The van der Waals surface area contributed by atoms with Crippen molar-refractivity contribution in [2.24, 2.45) is 17.6 Å². The molecule has 54 heavy (non-hydrogen) atoms. The Morgan fingerprint density at radius 3 is 2.17 bits per heavy atom. The van der Waals surface area contributed by atoms with Crippen molar-refractivity contribution < 1.29 is 48.6 Å². The lowest BCUT2D eigenvalue weighted by molar-refractivity contribution is -0.134. The van der Waals surface area contributed by atoms with Crippen LogP contribution in [0, 0.1) is 11.8 Å². The molecule has 0 aromatic heterocycles. The summed E-state index contributed by atoms with van der Waals surface area (Å²) < 4.78 is 0. The van der Waals surface area contributed by atoms with Crippen molar-refractivity contribution in [1.29, 1.82) is 0 Å². The number of carbonyl (C=O) groups excluding carboxylic acids is 7. The number of aliphatic hydroxyl groups excluding tert-OH is 1. The van der Waals surface area contributed by atoms with Gasteiger partial charge >= 0.3 is 12.0 Å². The molecule has 3 rings (SSSR count). The van der Waals surface area contributed by atoms with Crippen LogP contribution in [0.1, 0.15) is 56.5 Å². The smallest absolute Gasteiger partial charge is 0.335 e. The topological polar surface area (TPSA) is 287 Å². The van der Waals surface area contributed by atoms with Crippen molar-refractivity contribution in [3.8, 4) is 0 Å². The number of benzene rings is 2. The number of rotatable bonds is 18. The Hall–Kier alpha value is -5.88. The van der Waals surface area contributed by atoms with Crippen LogP contribution in [-0.4, -0.2) is 101 Å². The molecule has 0 radical (unpaired) electrons. The van der Waals surface area contributed by atoms with Crippen LogP contribution >= 0.6 is 0 Å². The molecule has 0 spiro atoms. The number of nitrogens with two attached hydrogens (primary N) is 1. The number of carboxylic acid groups (broad SMARTS) is 1. The number of urea groups is 1. The summed E-state index contributed by atoms with van der Waals surface area (Å²) in [6, 6.07) is 7.31. The summed E-state index contributed by atoms with van der Waals surface area (Å²) in [7, 11) is 0. The summed E-state index contributed by atoms with van der Waals surface area (Å²) in [5.41, 5.74) is 6.69. The lowest BCUT2D eigenvalue weighted by Crippen LogP contribution is -2.61. The van der Waals surface area contributed by atoms with Gasteiger partial charge in [0.05, 0.1) is 18.0 Å². The Balaban J connectivity index is 1.72. The molecule has 18 heteroatoms. The van der Waals surface area contributed by atoms with Gasteiger partial charge in [-0.15, -0.1) is 0 Å². The Bertz CT molecular complexity index is 1690. The Morgan fingerprint density at radius 2 is 1.56 bits per heavy atom. The number of nitrogens with one attached hydrogen (secondary N) is 7. The highest BCUT2D eigenvalue weighted by molar-refractivity contribution is 6.02. The van der Waals surface area contributed by atoms with Gasteiger partial charge in [-0.1, -0.05) is 64.1 Å². The summed E-state index contributed by atoms with van der Waals surface area (Å²) in [5.74, 6) is -6.35. The Kier molecular flexibility index (Phi) is 15.6. The van der Waals surface area contributed by atoms with Crippen LogP contribution in [0.4, 0.5) is 10.5 Å². The molecular weight excluding hydrogens is 704 g/mol. The summed E-state index contributed by atoms with van der Waals surface area (Å²) in [4.78, 5) is 101. The second-order valence-electron chi connectivity index (χ2n) is 13.7. The van der Waals surface area contributed by atoms with Gasteiger partial charge < -0.3 is 47.8 Å². The Morgan fingerprint density at radius 1 is 0.870 bits per heavy atom. The summed E-state index contributed by atoms with van der Waals surface area (Å²) in [5, 5.41) is 37.6. The normalized spacial score (nSPS) is 16.8. The van der Waals surface area contributed by atoms with Crippen LogP contribution in [0.3, 0.4) is 0 Å². The molecule has 292 valence electrons. The van der Waals surface area contributed by atoms with Gasteiger partial charge in [-0.3, -0.25) is 34.1 Å². The van der Waals surface area contributed by atoms with Gasteiger partial charge in [0.2, 0.25) is 29.5 Å². The quantitative estimate of drug-likeness (QED) is 0.0893. The second-order valence-corrected chi connectivity index (χ2v) is 13.7. The van der Waals surface area contributed by atoms with E-state index in [1.54, 1.807) is 44.2 Å². The van der Waals surface area contributed by atoms with E-state index in [0.29, 0.717) is 5.56 Å². The molecule has 1 heterocycles. The van der Waals surface area contributed by atoms with E-state index in [9.17, 15) is 48.6 Å². The first-order chi connectivity index (χ1) is 25.4. The van der Waals surface area contributed by atoms with Crippen molar-refractivity contribution in [3.05, 3.63) is 65.7 Å². The van der Waals surface area contributed by atoms with Crippen molar-refractivity contribution in [1.82, 2.24) is 31.9 Å². The Labute approximate surface area is 311 Å². The van der Waals surface area contributed by atoms with Crippen molar-refractivity contribution >= 4 is 53.1 Å². The fraction of sp³-hybridized carbons (Fsp3) is 0.444. The molecule has 1 aliphatic heterocycles. The van der Waals surface area contributed by atoms with Crippen molar-refractivity contribution in [2.75, 3.05) is 11.9 Å². The molecule has 2 aromatic rings. The van der Waals surface area contributed by atoms with Crippen LogP contribution < -0.4 is 43.0 Å². The SMILES string of the molecule is CC(C)C[C@H](NC(=O)[C@@H](NC(=O)[C@@H](N)CNC(=O)[C@H]1CC(=O)NC(=O)N1)C(C)C)C(=O)N[C@@H](Cc1ccccc1)[C@@H](O)C(=O)Nc1cccc(C(=O)O)c1. The fourth-order valence-electron chi connectivity index (χ4n) is 5.47. The number of hydrogen-bond donors (Lipinski definition) is 10. The summed E-state index contributed by atoms with van der Waals surface area (Å²) in [6.07, 6.45) is -1.96. The monoisotopic (exact) mass is 752 g/mol. The molecule has 18 nitrogen and oxygen atoms in total. The van der Waals surface area contributed by atoms with Crippen LogP contribution in [0.5, 0.6) is 0 Å². The molecule has 8 amide bonds. The lowest BCUT2D eigenvalue weighted by atomic mass is 9.97. The van der Waals surface area contributed by atoms with E-state index < -0.39 is 89.7 Å². The second kappa shape index (κ2) is 19.8. The minimum absolute atomic E-state index is 0.0120. The molecule has 1 fully saturated rings. The minimum Gasteiger partial charge on any atom is -0.478 e. The maximum atomic E-state index is 13.8. The highest BCUT2D eigenvalue weighted by Crippen LogP contribution is 2.15. The van der Waals surface area contributed by atoms with Crippen LogP contribution in [0.2, 0.25) is 0 Å². The first-order valence-corrected chi connectivity index (χ1v) is 17.4. The average molecular weight is 753 g/mol. The average Bonchev–Trinajstić information content (AvgIpc) is 3.11. The number of aliphatic hydroxyl groups is 1. The number of anilines is 1. The molecule has 0 bridgehead atoms. The highest BCUT2D eigenvalue weighted by Gasteiger charge is 2.35. The largest absolute Gasteiger partial charge is 0.478 e. The molecule has 1 aliphatic rings. The third-order valence-corrected chi connectivity index (χ3v) is 8.34. The van der Waals surface area contributed by atoms with Gasteiger partial charge in [0, 0.05) is 12.2 Å². The number of carbonyl (C=O) groups is 8. The molecule has 2 aromatic carbocycles. The first-order valence-electron chi connectivity index (χ1n) is 17.4. The van der Waals surface area contributed by atoms with Gasteiger partial charge in [0.1, 0.15) is 24.2 Å². The van der Waals surface area contributed by atoms with E-state index in [1.165, 1.54) is 24.3 Å². The summed E-state index contributed by atoms with van der Waals surface area (Å²) in [6.45, 7) is 6.57. The van der Waals surface area contributed by atoms with Crippen molar-refractivity contribution in [3.63, 3.8) is 0 Å². The van der Waals surface area contributed by atoms with E-state index in [2.05, 4.69) is 31.9 Å². The minimum atomic E-state index is -1.81. The first kappa shape index (κ1) is 42.5. The third kappa shape index (κ3) is 13.0. The fourth-order valence-corrected chi connectivity index (χ4v) is 5.47. The lowest BCUT2D eigenvalue weighted by Gasteiger charge is -2.29. The molecule has 6 atom stereocenters. The maximum absolute atomic E-state index is 13.8. The van der Waals surface area contributed by atoms with Crippen LogP contribution in [-0.2, 0) is 35.2 Å². The maximum Gasteiger partial charge on any atom is 0.335 e. The molecule has 0 unspecified atom stereocenters. The van der Waals surface area contributed by atoms with Crippen LogP contribution in [0.25, 0.3) is 0 Å². The predicted molar refractivity (Wildman–Crippen MR) is 194 cm³/mol. The van der Waals surface area contributed by atoms with Gasteiger partial charge in [-0.05, 0) is 48.4 Å². The number of aromatic carboxylic acids is 1. The predicted octanol–water partition coefficient (Wildman–Crippen LogP) is -0.875. The number of imide groups is 1. The van der Waals surface area contributed by atoms with E-state index in [-0.39, 0.29) is 43.0 Å². The van der Waals surface area contributed by atoms with Gasteiger partial charge in [-0.2, -0.15) is 0 Å². The summed E-state index contributed by atoms with van der Waals surface area (Å²) >= 11 is 0. The zero-order valence-corrected chi connectivity index (χ0v) is 30.4. The van der Waals surface area contributed by atoms with E-state index in [0.717, 1.165) is 0 Å². The molecule has 1 saturated heterocycles. The van der Waals surface area contributed by atoms with Gasteiger partial charge in [-0.25, -0.2) is 9.59 Å². The van der Waals surface area contributed by atoms with E-state index >= 15 is 0 Å². The zero-order chi connectivity index (χ0) is 40.1. The number of hydrogen-bond acceptors (Lipinski definition) is 10. The van der Waals surface area contributed by atoms with E-state index in [4.69, 9.17) is 5.73 Å².